The van der Waals surface area contributed by atoms with Crippen LogP contribution in [-0.2, 0) is 0 Å². The fraction of sp³-hybridized carbons (Fsp3) is 0.125. The highest BCUT2D eigenvalue weighted by Crippen LogP contribution is 2.19. The van der Waals surface area contributed by atoms with Crippen molar-refractivity contribution >= 4 is 23.2 Å². The van der Waals surface area contributed by atoms with Gasteiger partial charge in [0.05, 0.1) is 0 Å². The van der Waals surface area contributed by atoms with Crippen molar-refractivity contribution in [1.82, 2.24) is 4.98 Å². The zero-order valence-electron chi connectivity index (χ0n) is 6.30. The summed E-state index contributed by atoms with van der Waals surface area (Å²) in [7, 11) is 0. The smallest absolute Gasteiger partial charge is 0.131 e. The molecule has 1 unspecified atom stereocenters. The van der Waals surface area contributed by atoms with Gasteiger partial charge in [0, 0.05) is 6.04 Å². The SMILES string of the molecule is C=CC(N)c1cc(Cl)nc(Cl)c1. The molecule has 1 rings (SSSR count). The van der Waals surface area contributed by atoms with Crippen molar-refractivity contribution in [3.8, 4) is 0 Å². The van der Waals surface area contributed by atoms with Crippen LogP contribution in [0.25, 0.3) is 0 Å². The van der Waals surface area contributed by atoms with Gasteiger partial charge in [0.25, 0.3) is 0 Å². The fourth-order valence-corrected chi connectivity index (χ4v) is 1.29. The zero-order valence-corrected chi connectivity index (χ0v) is 7.81. The van der Waals surface area contributed by atoms with Gasteiger partial charge in [0.1, 0.15) is 10.3 Å². The molecule has 2 nitrogen and oxygen atoms in total. The maximum Gasteiger partial charge on any atom is 0.131 e. The molecule has 0 fully saturated rings. The van der Waals surface area contributed by atoms with Crippen LogP contribution < -0.4 is 5.73 Å². The Morgan fingerprint density at radius 3 is 2.33 bits per heavy atom. The summed E-state index contributed by atoms with van der Waals surface area (Å²) < 4.78 is 0. The third kappa shape index (κ3) is 2.21. The van der Waals surface area contributed by atoms with E-state index in [1.807, 2.05) is 0 Å². The van der Waals surface area contributed by atoms with Gasteiger partial charge >= 0.3 is 0 Å². The van der Waals surface area contributed by atoms with Crippen LogP contribution in [0.3, 0.4) is 0 Å². The highest BCUT2D eigenvalue weighted by molar-refractivity contribution is 6.32. The number of halogens is 2. The lowest BCUT2D eigenvalue weighted by atomic mass is 10.1. The van der Waals surface area contributed by atoms with Crippen molar-refractivity contribution in [1.29, 1.82) is 0 Å². The summed E-state index contributed by atoms with van der Waals surface area (Å²) in [4.78, 5) is 3.79. The predicted octanol–water partition coefficient (Wildman–Crippen LogP) is 2.57. The lowest BCUT2D eigenvalue weighted by molar-refractivity contribution is 0.910. The molecule has 64 valence electrons. The number of rotatable bonds is 2. The van der Waals surface area contributed by atoms with E-state index in [1.54, 1.807) is 18.2 Å². The van der Waals surface area contributed by atoms with Gasteiger partial charge in [-0.05, 0) is 17.7 Å². The third-order valence-electron chi connectivity index (χ3n) is 1.42. The summed E-state index contributed by atoms with van der Waals surface area (Å²) in [5.41, 5.74) is 6.48. The Morgan fingerprint density at radius 2 is 1.92 bits per heavy atom. The highest BCUT2D eigenvalue weighted by atomic mass is 35.5. The van der Waals surface area contributed by atoms with Gasteiger partial charge in [-0.1, -0.05) is 29.3 Å². The number of nitrogens with zero attached hydrogens (tertiary/aromatic N) is 1. The van der Waals surface area contributed by atoms with Crippen LogP contribution in [0.2, 0.25) is 10.3 Å². The molecular weight excluding hydrogens is 195 g/mol. The number of nitrogens with two attached hydrogens (primary N) is 1. The van der Waals surface area contributed by atoms with Crippen molar-refractivity contribution < 1.29 is 0 Å². The minimum absolute atomic E-state index is 0.247. The lowest BCUT2D eigenvalue weighted by Gasteiger charge is -2.06. The maximum absolute atomic E-state index is 5.67. The van der Waals surface area contributed by atoms with Gasteiger partial charge in [0.15, 0.2) is 0 Å². The summed E-state index contributed by atoms with van der Waals surface area (Å²) in [5, 5.41) is 0.685. The molecule has 2 N–H and O–H groups in total. The van der Waals surface area contributed by atoms with Crippen molar-refractivity contribution in [3.63, 3.8) is 0 Å². The fourth-order valence-electron chi connectivity index (χ4n) is 0.812. The van der Waals surface area contributed by atoms with Crippen LogP contribution in [0, 0.1) is 0 Å². The molecule has 12 heavy (non-hydrogen) atoms. The molecule has 0 saturated heterocycles. The second kappa shape index (κ2) is 3.90. The molecule has 0 aliphatic rings. The number of pyridine rings is 1. The van der Waals surface area contributed by atoms with Crippen molar-refractivity contribution in [2.24, 2.45) is 5.73 Å². The maximum atomic E-state index is 5.67. The first-order chi connectivity index (χ1) is 5.63. The van der Waals surface area contributed by atoms with Crippen LogP contribution in [0.1, 0.15) is 11.6 Å². The second-order valence-corrected chi connectivity index (χ2v) is 3.08. The minimum atomic E-state index is -0.247. The van der Waals surface area contributed by atoms with Crippen molar-refractivity contribution in [3.05, 3.63) is 40.7 Å². The average molecular weight is 203 g/mol. The Kier molecular flexibility index (Phi) is 3.09. The molecule has 1 atom stereocenters. The molecule has 1 aromatic heterocycles. The molecule has 0 amide bonds. The van der Waals surface area contributed by atoms with E-state index >= 15 is 0 Å². The Labute approximate surface area is 81.0 Å². The van der Waals surface area contributed by atoms with E-state index in [9.17, 15) is 0 Å². The zero-order chi connectivity index (χ0) is 9.14. The van der Waals surface area contributed by atoms with Gasteiger partial charge in [-0.2, -0.15) is 0 Å². The summed E-state index contributed by atoms with van der Waals surface area (Å²) >= 11 is 11.3. The van der Waals surface area contributed by atoms with Crippen molar-refractivity contribution in [2.75, 3.05) is 0 Å². The molecule has 0 spiro atoms. The molecule has 0 bridgehead atoms. The van der Waals surface area contributed by atoms with Gasteiger partial charge < -0.3 is 5.73 Å². The Balaban J connectivity index is 3.08. The van der Waals surface area contributed by atoms with E-state index < -0.39 is 0 Å². The van der Waals surface area contributed by atoms with Crippen LogP contribution >= 0.6 is 23.2 Å². The first-order valence-electron chi connectivity index (χ1n) is 3.34. The van der Waals surface area contributed by atoms with E-state index in [1.165, 1.54) is 0 Å². The number of hydrogen-bond donors (Lipinski definition) is 1. The topological polar surface area (TPSA) is 38.9 Å². The van der Waals surface area contributed by atoms with Gasteiger partial charge in [-0.25, -0.2) is 4.98 Å². The Bertz CT molecular complexity index is 279. The standard InChI is InChI=1S/C8H8Cl2N2/c1-2-6(11)5-3-7(9)12-8(10)4-5/h2-4,6H,1,11H2. The Morgan fingerprint density at radius 1 is 1.42 bits per heavy atom. The van der Waals surface area contributed by atoms with E-state index in [2.05, 4.69) is 11.6 Å². The second-order valence-electron chi connectivity index (χ2n) is 2.31. The highest BCUT2D eigenvalue weighted by Gasteiger charge is 2.04. The molecule has 1 heterocycles. The summed E-state index contributed by atoms with van der Waals surface area (Å²) in [6.07, 6.45) is 1.61. The molecule has 0 radical (unpaired) electrons. The van der Waals surface area contributed by atoms with Crippen LogP contribution in [-0.4, -0.2) is 4.98 Å². The first kappa shape index (κ1) is 9.52. The number of aromatic nitrogens is 1. The predicted molar refractivity (Wildman–Crippen MR) is 51.4 cm³/mol. The largest absolute Gasteiger partial charge is 0.321 e. The molecule has 0 aromatic carbocycles. The normalized spacial score (nSPS) is 12.6. The van der Waals surface area contributed by atoms with Crippen molar-refractivity contribution in [2.45, 2.75) is 6.04 Å². The average Bonchev–Trinajstić information content (AvgIpc) is 2.01. The quantitative estimate of drug-likeness (QED) is 0.592. The van der Waals surface area contributed by atoms with E-state index in [0.717, 1.165) is 5.56 Å². The van der Waals surface area contributed by atoms with Crippen LogP contribution in [0.4, 0.5) is 0 Å². The van der Waals surface area contributed by atoms with E-state index in [-0.39, 0.29) is 6.04 Å². The van der Waals surface area contributed by atoms with Crippen LogP contribution in [0.5, 0.6) is 0 Å². The molecule has 0 saturated carbocycles. The molecule has 0 aliphatic heterocycles. The van der Waals surface area contributed by atoms with Gasteiger partial charge in [0.2, 0.25) is 0 Å². The Hall–Kier alpha value is -0.570. The lowest BCUT2D eigenvalue weighted by Crippen LogP contribution is -2.06. The molecule has 0 aliphatic carbocycles. The van der Waals surface area contributed by atoms with Crippen LogP contribution in [0.15, 0.2) is 24.8 Å². The van der Waals surface area contributed by atoms with Gasteiger partial charge in [-0.3, -0.25) is 0 Å². The molecular formula is C8H8Cl2N2. The van der Waals surface area contributed by atoms with E-state index in [0.29, 0.717) is 10.3 Å². The first-order valence-corrected chi connectivity index (χ1v) is 4.10. The van der Waals surface area contributed by atoms with Gasteiger partial charge in [-0.15, -0.1) is 6.58 Å². The minimum Gasteiger partial charge on any atom is -0.321 e. The monoisotopic (exact) mass is 202 g/mol. The summed E-state index contributed by atoms with van der Waals surface area (Å²) in [6.45, 7) is 3.56. The summed E-state index contributed by atoms with van der Waals surface area (Å²) in [5.74, 6) is 0. The van der Waals surface area contributed by atoms with E-state index in [4.69, 9.17) is 28.9 Å². The number of hydrogen-bond acceptors (Lipinski definition) is 2. The molecule has 4 heteroatoms. The third-order valence-corrected chi connectivity index (χ3v) is 1.81. The summed E-state index contributed by atoms with van der Waals surface area (Å²) in [6, 6.07) is 3.09. The molecule has 1 aromatic rings.